The smallest absolute Gasteiger partial charge is 0.112 e. The molecule has 1 aliphatic heterocycles. The Balaban J connectivity index is 2.58. The highest BCUT2D eigenvalue weighted by Gasteiger charge is 2.27. The van der Waals surface area contributed by atoms with Gasteiger partial charge in [0.05, 0.1) is 5.69 Å². The summed E-state index contributed by atoms with van der Waals surface area (Å²) in [7, 11) is 0. The third-order valence-corrected chi connectivity index (χ3v) is 3.10. The highest BCUT2D eigenvalue weighted by atomic mass is 15.2. The van der Waals surface area contributed by atoms with Gasteiger partial charge >= 0.3 is 0 Å². The molecule has 1 N–H and O–H groups in total. The SMILES string of the molecule is CC(C)c1nc2c(n1C(C)(C)C)CCNC2. The van der Waals surface area contributed by atoms with E-state index in [1.54, 1.807) is 0 Å². The molecule has 2 heterocycles. The van der Waals surface area contributed by atoms with Crippen LogP contribution < -0.4 is 5.32 Å². The average molecular weight is 221 g/mol. The molecule has 0 unspecified atom stereocenters. The Bertz CT molecular complexity index is 383. The minimum absolute atomic E-state index is 0.136. The van der Waals surface area contributed by atoms with Crippen molar-refractivity contribution >= 4 is 0 Å². The summed E-state index contributed by atoms with van der Waals surface area (Å²) in [4.78, 5) is 4.82. The fourth-order valence-corrected chi connectivity index (χ4v) is 2.47. The summed E-state index contributed by atoms with van der Waals surface area (Å²) in [5.41, 5.74) is 2.83. The molecule has 0 fully saturated rings. The van der Waals surface area contributed by atoms with E-state index in [0.29, 0.717) is 5.92 Å². The van der Waals surface area contributed by atoms with Gasteiger partial charge in [0, 0.05) is 36.7 Å². The lowest BCUT2D eigenvalue weighted by molar-refractivity contribution is 0.362. The number of nitrogens with one attached hydrogen (secondary N) is 1. The second kappa shape index (κ2) is 3.88. The van der Waals surface area contributed by atoms with Crippen molar-refractivity contribution in [1.29, 1.82) is 0 Å². The van der Waals surface area contributed by atoms with Crippen LogP contribution in [0.4, 0.5) is 0 Å². The first-order valence-electron chi connectivity index (χ1n) is 6.23. The lowest BCUT2D eigenvalue weighted by Gasteiger charge is -2.28. The Hall–Kier alpha value is -0.830. The van der Waals surface area contributed by atoms with Crippen LogP contribution in [0.2, 0.25) is 0 Å². The van der Waals surface area contributed by atoms with Gasteiger partial charge in [-0.1, -0.05) is 13.8 Å². The van der Waals surface area contributed by atoms with E-state index in [2.05, 4.69) is 44.5 Å². The largest absolute Gasteiger partial charge is 0.326 e. The van der Waals surface area contributed by atoms with Gasteiger partial charge in [-0.05, 0) is 20.8 Å². The normalized spacial score (nSPS) is 16.6. The van der Waals surface area contributed by atoms with Gasteiger partial charge in [-0.25, -0.2) is 4.98 Å². The highest BCUT2D eigenvalue weighted by Crippen LogP contribution is 2.28. The molecule has 0 saturated heterocycles. The molecule has 3 heteroatoms. The van der Waals surface area contributed by atoms with E-state index in [0.717, 1.165) is 19.5 Å². The van der Waals surface area contributed by atoms with Crippen molar-refractivity contribution in [3.05, 3.63) is 17.2 Å². The Morgan fingerprint density at radius 3 is 2.56 bits per heavy atom. The molecule has 90 valence electrons. The molecular formula is C13H23N3. The maximum Gasteiger partial charge on any atom is 0.112 e. The summed E-state index contributed by atoms with van der Waals surface area (Å²) >= 11 is 0. The molecule has 16 heavy (non-hydrogen) atoms. The van der Waals surface area contributed by atoms with Crippen molar-refractivity contribution in [3.8, 4) is 0 Å². The molecule has 0 aromatic carbocycles. The number of hydrogen-bond acceptors (Lipinski definition) is 2. The lowest BCUT2D eigenvalue weighted by atomic mass is 10.0. The zero-order valence-electron chi connectivity index (χ0n) is 11.1. The van der Waals surface area contributed by atoms with Crippen LogP contribution in [0.3, 0.4) is 0 Å². The number of imidazole rings is 1. The predicted molar refractivity (Wildman–Crippen MR) is 66.7 cm³/mol. The molecule has 0 spiro atoms. The standard InChI is InChI=1S/C13H23N3/c1-9(2)12-15-10-8-14-7-6-11(10)16(12)13(3,4)5/h9,14H,6-8H2,1-5H3. The number of nitrogens with zero attached hydrogens (tertiary/aromatic N) is 2. The molecule has 0 amide bonds. The fourth-order valence-electron chi connectivity index (χ4n) is 2.47. The maximum atomic E-state index is 4.82. The van der Waals surface area contributed by atoms with E-state index in [-0.39, 0.29) is 5.54 Å². The Kier molecular flexibility index (Phi) is 2.82. The average Bonchev–Trinajstić information content (AvgIpc) is 2.55. The number of aromatic nitrogens is 2. The third kappa shape index (κ3) is 1.88. The molecule has 0 atom stereocenters. The quantitative estimate of drug-likeness (QED) is 0.789. The van der Waals surface area contributed by atoms with Crippen LogP contribution in [0.15, 0.2) is 0 Å². The van der Waals surface area contributed by atoms with E-state index in [4.69, 9.17) is 4.98 Å². The van der Waals surface area contributed by atoms with Gasteiger partial charge in [-0.2, -0.15) is 0 Å². The summed E-state index contributed by atoms with van der Waals surface area (Å²) < 4.78 is 2.45. The highest BCUT2D eigenvalue weighted by molar-refractivity contribution is 5.23. The topological polar surface area (TPSA) is 29.9 Å². The first-order chi connectivity index (χ1) is 7.41. The summed E-state index contributed by atoms with van der Waals surface area (Å²) in [6, 6.07) is 0. The number of fused-ring (bicyclic) bond motifs is 1. The summed E-state index contributed by atoms with van der Waals surface area (Å²) in [6.07, 6.45) is 1.10. The van der Waals surface area contributed by atoms with Crippen LogP contribution in [-0.2, 0) is 18.5 Å². The van der Waals surface area contributed by atoms with Crippen LogP contribution in [-0.4, -0.2) is 16.1 Å². The molecule has 0 bridgehead atoms. The number of rotatable bonds is 1. The van der Waals surface area contributed by atoms with Gasteiger partial charge in [0.1, 0.15) is 5.82 Å². The van der Waals surface area contributed by atoms with Gasteiger partial charge in [0.15, 0.2) is 0 Å². The zero-order valence-corrected chi connectivity index (χ0v) is 11.1. The van der Waals surface area contributed by atoms with E-state index >= 15 is 0 Å². The Labute approximate surface area is 98.3 Å². The monoisotopic (exact) mass is 221 g/mol. The first-order valence-corrected chi connectivity index (χ1v) is 6.23. The molecule has 1 aromatic heterocycles. The van der Waals surface area contributed by atoms with Crippen molar-refractivity contribution in [3.63, 3.8) is 0 Å². The second-order valence-corrected chi connectivity index (χ2v) is 5.95. The first kappa shape index (κ1) is 11.6. The van der Waals surface area contributed by atoms with Gasteiger partial charge in [-0.15, -0.1) is 0 Å². The van der Waals surface area contributed by atoms with Gasteiger partial charge in [0.25, 0.3) is 0 Å². The molecular weight excluding hydrogens is 198 g/mol. The van der Waals surface area contributed by atoms with Crippen molar-refractivity contribution in [2.45, 2.75) is 59.0 Å². The Morgan fingerprint density at radius 1 is 1.31 bits per heavy atom. The van der Waals surface area contributed by atoms with Crippen molar-refractivity contribution in [1.82, 2.24) is 14.9 Å². The molecule has 0 radical (unpaired) electrons. The van der Waals surface area contributed by atoms with Gasteiger partial charge in [-0.3, -0.25) is 0 Å². The number of hydrogen-bond donors (Lipinski definition) is 1. The van der Waals surface area contributed by atoms with Crippen molar-refractivity contribution in [2.75, 3.05) is 6.54 Å². The molecule has 3 nitrogen and oxygen atoms in total. The molecule has 0 aliphatic carbocycles. The van der Waals surface area contributed by atoms with E-state index in [1.165, 1.54) is 17.2 Å². The zero-order chi connectivity index (χ0) is 11.9. The van der Waals surface area contributed by atoms with E-state index in [1.807, 2.05) is 0 Å². The second-order valence-electron chi connectivity index (χ2n) is 5.95. The van der Waals surface area contributed by atoms with Crippen LogP contribution in [0.5, 0.6) is 0 Å². The molecule has 2 rings (SSSR count). The van der Waals surface area contributed by atoms with Crippen molar-refractivity contribution < 1.29 is 0 Å². The van der Waals surface area contributed by atoms with Crippen LogP contribution in [0.1, 0.15) is 57.7 Å². The van der Waals surface area contributed by atoms with E-state index in [9.17, 15) is 0 Å². The third-order valence-electron chi connectivity index (χ3n) is 3.10. The lowest BCUT2D eigenvalue weighted by Crippen LogP contribution is -2.31. The minimum Gasteiger partial charge on any atom is -0.326 e. The van der Waals surface area contributed by atoms with E-state index < -0.39 is 0 Å². The summed E-state index contributed by atoms with van der Waals surface area (Å²) in [5.74, 6) is 1.73. The minimum atomic E-state index is 0.136. The maximum absolute atomic E-state index is 4.82. The van der Waals surface area contributed by atoms with Crippen molar-refractivity contribution in [2.24, 2.45) is 0 Å². The van der Waals surface area contributed by atoms with Gasteiger partial charge in [0.2, 0.25) is 0 Å². The Morgan fingerprint density at radius 2 is 2.00 bits per heavy atom. The fraction of sp³-hybridized carbons (Fsp3) is 0.769. The summed E-state index contributed by atoms with van der Waals surface area (Å²) in [6.45, 7) is 13.3. The molecule has 1 aromatic rings. The molecule has 0 saturated carbocycles. The van der Waals surface area contributed by atoms with Crippen LogP contribution in [0, 0.1) is 0 Å². The predicted octanol–water partition coefficient (Wildman–Crippen LogP) is 2.41. The van der Waals surface area contributed by atoms with Crippen LogP contribution in [0.25, 0.3) is 0 Å². The summed E-state index contributed by atoms with van der Waals surface area (Å²) in [5, 5.41) is 3.40. The van der Waals surface area contributed by atoms with Gasteiger partial charge < -0.3 is 9.88 Å². The van der Waals surface area contributed by atoms with Crippen LogP contribution >= 0.6 is 0 Å². The molecule has 1 aliphatic rings.